The fourth-order valence-corrected chi connectivity index (χ4v) is 1.19. The van der Waals surface area contributed by atoms with Crippen molar-refractivity contribution in [3.8, 4) is 0 Å². The summed E-state index contributed by atoms with van der Waals surface area (Å²) in [6.45, 7) is 7.97. The summed E-state index contributed by atoms with van der Waals surface area (Å²) < 4.78 is 10.1. The lowest BCUT2D eigenvalue weighted by molar-refractivity contribution is -0.148. The molecule has 0 aromatic heterocycles. The zero-order valence-corrected chi connectivity index (χ0v) is 11.8. The van der Waals surface area contributed by atoms with Crippen LogP contribution >= 0.6 is 0 Å². The van der Waals surface area contributed by atoms with Gasteiger partial charge in [0.1, 0.15) is 6.61 Å². The highest BCUT2D eigenvalue weighted by Gasteiger charge is 2.16. The van der Waals surface area contributed by atoms with E-state index in [-0.39, 0.29) is 18.5 Å². The van der Waals surface area contributed by atoms with E-state index in [2.05, 4.69) is 0 Å². The van der Waals surface area contributed by atoms with Crippen LogP contribution in [0.3, 0.4) is 0 Å². The topological polar surface area (TPSA) is 52.6 Å². The molecule has 0 spiro atoms. The first-order chi connectivity index (χ1) is 8.56. The average molecular weight is 256 g/mol. The summed E-state index contributed by atoms with van der Waals surface area (Å²) in [5.74, 6) is -0.807. The van der Waals surface area contributed by atoms with Crippen molar-refractivity contribution in [3.05, 3.63) is 11.6 Å². The number of ether oxygens (including phenoxy) is 2. The van der Waals surface area contributed by atoms with E-state index in [1.165, 1.54) is 0 Å². The molecule has 0 rings (SSSR count). The maximum atomic E-state index is 11.7. The van der Waals surface area contributed by atoms with Crippen molar-refractivity contribution in [2.75, 3.05) is 13.2 Å². The Morgan fingerprint density at radius 3 is 2.33 bits per heavy atom. The van der Waals surface area contributed by atoms with Crippen LogP contribution in [0.15, 0.2) is 11.6 Å². The van der Waals surface area contributed by atoms with Gasteiger partial charge >= 0.3 is 11.9 Å². The van der Waals surface area contributed by atoms with Crippen LogP contribution in [0.25, 0.3) is 0 Å². The number of carbonyl (C=O) groups excluding carboxylic acids is 2. The Morgan fingerprint density at radius 1 is 1.17 bits per heavy atom. The Bertz CT molecular complexity index is 294. The Kier molecular flexibility index (Phi) is 8.97. The molecule has 0 fully saturated rings. The fraction of sp³-hybridized carbons (Fsp3) is 0.714. The number of hydrogen-bond donors (Lipinski definition) is 0. The molecule has 0 aliphatic carbocycles. The molecule has 0 aromatic rings. The standard InChI is InChI=1S/C14H24O4/c1-5-8-12(14(16)17-9-6-2)10-18-13(15)11(4)7-3/h8,11H,5-7,9-10H2,1-4H3. The van der Waals surface area contributed by atoms with Gasteiger partial charge in [0.15, 0.2) is 0 Å². The monoisotopic (exact) mass is 256 g/mol. The first-order valence-electron chi connectivity index (χ1n) is 6.59. The molecular weight excluding hydrogens is 232 g/mol. The molecule has 4 heteroatoms. The van der Waals surface area contributed by atoms with Crippen molar-refractivity contribution in [2.24, 2.45) is 5.92 Å². The SMILES string of the molecule is CCC=C(COC(=O)C(C)CC)C(=O)OCCC. The molecule has 0 N–H and O–H groups in total. The molecule has 1 unspecified atom stereocenters. The van der Waals surface area contributed by atoms with Gasteiger partial charge in [-0.1, -0.05) is 33.8 Å². The highest BCUT2D eigenvalue weighted by Crippen LogP contribution is 2.07. The van der Waals surface area contributed by atoms with E-state index in [9.17, 15) is 9.59 Å². The minimum Gasteiger partial charge on any atom is -0.462 e. The first-order valence-corrected chi connectivity index (χ1v) is 6.59. The van der Waals surface area contributed by atoms with E-state index in [1.54, 1.807) is 13.0 Å². The summed E-state index contributed by atoms with van der Waals surface area (Å²) in [6.07, 6.45) is 3.95. The number of esters is 2. The highest BCUT2D eigenvalue weighted by molar-refractivity contribution is 5.89. The third-order valence-corrected chi connectivity index (χ3v) is 2.53. The summed E-state index contributed by atoms with van der Waals surface area (Å²) in [5, 5.41) is 0. The summed E-state index contributed by atoms with van der Waals surface area (Å²) in [6, 6.07) is 0. The van der Waals surface area contributed by atoms with Gasteiger partial charge in [-0.25, -0.2) is 4.79 Å². The predicted octanol–water partition coefficient (Wildman–Crippen LogP) is 2.87. The smallest absolute Gasteiger partial charge is 0.337 e. The van der Waals surface area contributed by atoms with E-state index in [1.807, 2.05) is 20.8 Å². The molecule has 4 nitrogen and oxygen atoms in total. The lowest BCUT2D eigenvalue weighted by Gasteiger charge is -2.11. The van der Waals surface area contributed by atoms with Crippen LogP contribution in [0.4, 0.5) is 0 Å². The van der Waals surface area contributed by atoms with Gasteiger partial charge in [-0.3, -0.25) is 4.79 Å². The number of rotatable bonds is 8. The number of hydrogen-bond acceptors (Lipinski definition) is 4. The van der Waals surface area contributed by atoms with E-state index < -0.39 is 5.97 Å². The van der Waals surface area contributed by atoms with E-state index in [0.29, 0.717) is 18.6 Å². The minimum atomic E-state index is -0.393. The Labute approximate surface area is 109 Å². The van der Waals surface area contributed by atoms with Crippen molar-refractivity contribution in [2.45, 2.75) is 47.0 Å². The molecule has 1 atom stereocenters. The molecule has 0 saturated heterocycles. The number of allylic oxidation sites excluding steroid dienone is 1. The van der Waals surface area contributed by atoms with Crippen LogP contribution in [0, 0.1) is 5.92 Å². The third-order valence-electron chi connectivity index (χ3n) is 2.53. The maximum absolute atomic E-state index is 11.7. The van der Waals surface area contributed by atoms with Crippen molar-refractivity contribution >= 4 is 11.9 Å². The molecule has 0 heterocycles. The third kappa shape index (κ3) is 6.42. The molecule has 104 valence electrons. The first kappa shape index (κ1) is 16.7. The van der Waals surface area contributed by atoms with Crippen LogP contribution in [0.1, 0.15) is 47.0 Å². The van der Waals surface area contributed by atoms with Gasteiger partial charge in [-0.05, 0) is 19.3 Å². The van der Waals surface area contributed by atoms with E-state index in [0.717, 1.165) is 12.8 Å². The Balaban J connectivity index is 4.33. The molecule has 0 aliphatic rings. The second-order valence-corrected chi connectivity index (χ2v) is 4.19. The zero-order chi connectivity index (χ0) is 14.0. The van der Waals surface area contributed by atoms with Crippen molar-refractivity contribution in [1.29, 1.82) is 0 Å². The van der Waals surface area contributed by atoms with Gasteiger partial charge < -0.3 is 9.47 Å². The molecule has 0 saturated carbocycles. The molecule has 0 aliphatic heterocycles. The van der Waals surface area contributed by atoms with Crippen molar-refractivity contribution in [3.63, 3.8) is 0 Å². The van der Waals surface area contributed by atoms with E-state index >= 15 is 0 Å². The largest absolute Gasteiger partial charge is 0.462 e. The normalized spacial score (nSPS) is 13.0. The minimum absolute atomic E-state index is 0.000436. The number of carbonyl (C=O) groups is 2. The summed E-state index contributed by atoms with van der Waals surface area (Å²) in [4.78, 5) is 23.2. The predicted molar refractivity (Wildman–Crippen MR) is 70.0 cm³/mol. The lowest BCUT2D eigenvalue weighted by atomic mass is 10.1. The second-order valence-electron chi connectivity index (χ2n) is 4.19. The van der Waals surface area contributed by atoms with Gasteiger partial charge in [0, 0.05) is 0 Å². The van der Waals surface area contributed by atoms with Crippen LogP contribution < -0.4 is 0 Å². The molecule has 0 amide bonds. The summed E-state index contributed by atoms with van der Waals surface area (Å²) in [7, 11) is 0. The highest BCUT2D eigenvalue weighted by atomic mass is 16.5. The zero-order valence-electron chi connectivity index (χ0n) is 11.8. The second kappa shape index (κ2) is 9.68. The fourth-order valence-electron chi connectivity index (χ4n) is 1.19. The van der Waals surface area contributed by atoms with Crippen LogP contribution in [-0.2, 0) is 19.1 Å². The van der Waals surface area contributed by atoms with Crippen LogP contribution in [-0.4, -0.2) is 25.2 Å². The van der Waals surface area contributed by atoms with Gasteiger partial charge in [0.25, 0.3) is 0 Å². The molecular formula is C14H24O4. The quantitative estimate of drug-likeness (QED) is 0.495. The Hall–Kier alpha value is -1.32. The average Bonchev–Trinajstić information content (AvgIpc) is 2.39. The van der Waals surface area contributed by atoms with E-state index in [4.69, 9.17) is 9.47 Å². The van der Waals surface area contributed by atoms with Crippen LogP contribution in [0.5, 0.6) is 0 Å². The van der Waals surface area contributed by atoms with Gasteiger partial charge in [0.2, 0.25) is 0 Å². The van der Waals surface area contributed by atoms with Crippen LogP contribution in [0.2, 0.25) is 0 Å². The maximum Gasteiger partial charge on any atom is 0.337 e. The molecule has 18 heavy (non-hydrogen) atoms. The van der Waals surface area contributed by atoms with Crippen molar-refractivity contribution < 1.29 is 19.1 Å². The summed E-state index contributed by atoms with van der Waals surface area (Å²) >= 11 is 0. The van der Waals surface area contributed by atoms with Crippen molar-refractivity contribution in [1.82, 2.24) is 0 Å². The molecule has 0 aromatic carbocycles. The van der Waals surface area contributed by atoms with Gasteiger partial charge in [0.05, 0.1) is 18.1 Å². The summed E-state index contributed by atoms with van der Waals surface area (Å²) in [5.41, 5.74) is 0.419. The van der Waals surface area contributed by atoms with Gasteiger partial charge in [-0.15, -0.1) is 0 Å². The lowest BCUT2D eigenvalue weighted by Crippen LogP contribution is -2.19. The van der Waals surface area contributed by atoms with Gasteiger partial charge in [-0.2, -0.15) is 0 Å². The molecule has 0 bridgehead atoms. The Morgan fingerprint density at radius 2 is 1.83 bits per heavy atom. The molecule has 0 radical (unpaired) electrons.